The lowest BCUT2D eigenvalue weighted by molar-refractivity contribution is -0.908. The number of nitrogens with one attached hydrogen (secondary N) is 2. The fraction of sp³-hybridized carbons (Fsp3) is 0.435. The maximum atomic E-state index is 10.6. The van der Waals surface area contributed by atoms with Crippen LogP contribution >= 0.6 is 0 Å². The third-order valence-corrected chi connectivity index (χ3v) is 5.78. The number of hydrogen-bond acceptors (Lipinski definition) is 4. The van der Waals surface area contributed by atoms with Crippen molar-refractivity contribution in [3.63, 3.8) is 0 Å². The molecule has 1 aliphatic heterocycles. The van der Waals surface area contributed by atoms with Crippen molar-refractivity contribution in [2.45, 2.75) is 26.1 Å². The normalized spacial score (nSPS) is 16.1. The van der Waals surface area contributed by atoms with Crippen LogP contribution < -0.4 is 15.3 Å². The standard InChI is InChI=1S/C23H30N4O3/c1-18-6-2-5-9-22(18)30-17-19(28)16-27-21-8-4-3-7-20(21)26(23(27)24)11-10-25-12-14-29-15-13-25/h2-9,19,24,28H,10-17H2,1H3/p+1. The monoisotopic (exact) mass is 411 g/mol. The van der Waals surface area contributed by atoms with E-state index in [0.717, 1.165) is 61.7 Å². The van der Waals surface area contributed by atoms with Gasteiger partial charge in [0.15, 0.2) is 0 Å². The second-order valence-electron chi connectivity index (χ2n) is 7.92. The maximum Gasteiger partial charge on any atom is 0.203 e. The highest BCUT2D eigenvalue weighted by atomic mass is 16.5. The van der Waals surface area contributed by atoms with Crippen molar-refractivity contribution in [1.29, 1.82) is 5.41 Å². The van der Waals surface area contributed by atoms with Crippen LogP contribution in [0.15, 0.2) is 48.5 Å². The predicted octanol–water partition coefficient (Wildman–Crippen LogP) is 0.586. The van der Waals surface area contributed by atoms with E-state index in [1.165, 1.54) is 4.90 Å². The summed E-state index contributed by atoms with van der Waals surface area (Å²) < 4.78 is 15.2. The van der Waals surface area contributed by atoms with E-state index < -0.39 is 6.10 Å². The van der Waals surface area contributed by atoms with Crippen molar-refractivity contribution in [3.05, 3.63) is 59.7 Å². The molecule has 30 heavy (non-hydrogen) atoms. The number of benzene rings is 2. The van der Waals surface area contributed by atoms with Gasteiger partial charge in [-0.3, -0.25) is 5.41 Å². The van der Waals surface area contributed by atoms with Crippen LogP contribution in [0.25, 0.3) is 11.0 Å². The van der Waals surface area contributed by atoms with Gasteiger partial charge in [-0.2, -0.15) is 0 Å². The first-order valence-electron chi connectivity index (χ1n) is 10.6. The van der Waals surface area contributed by atoms with Gasteiger partial charge in [0.2, 0.25) is 5.62 Å². The first kappa shape index (κ1) is 20.7. The van der Waals surface area contributed by atoms with Gasteiger partial charge in [0.05, 0.1) is 43.9 Å². The van der Waals surface area contributed by atoms with Crippen molar-refractivity contribution in [1.82, 2.24) is 9.13 Å². The molecule has 2 heterocycles. The Morgan fingerprint density at radius 1 is 1.07 bits per heavy atom. The summed E-state index contributed by atoms with van der Waals surface area (Å²) in [5.41, 5.74) is 3.45. The van der Waals surface area contributed by atoms with Gasteiger partial charge in [0.25, 0.3) is 0 Å². The lowest BCUT2D eigenvalue weighted by Crippen LogP contribution is -3.14. The van der Waals surface area contributed by atoms with Crippen LogP contribution in [-0.2, 0) is 17.8 Å². The molecule has 7 heteroatoms. The number of aromatic nitrogens is 2. The largest absolute Gasteiger partial charge is 0.491 e. The molecular weight excluding hydrogens is 380 g/mol. The van der Waals surface area contributed by atoms with Crippen LogP contribution in [0.4, 0.5) is 0 Å². The quantitative estimate of drug-likeness (QED) is 0.508. The Hall–Kier alpha value is -2.61. The molecule has 0 spiro atoms. The second-order valence-corrected chi connectivity index (χ2v) is 7.92. The molecule has 1 aromatic heterocycles. The van der Waals surface area contributed by atoms with Gasteiger partial charge in [0.1, 0.15) is 31.5 Å². The summed E-state index contributed by atoms with van der Waals surface area (Å²) in [6.45, 7) is 7.89. The second kappa shape index (κ2) is 9.47. The van der Waals surface area contributed by atoms with E-state index in [4.69, 9.17) is 14.9 Å². The molecular formula is C23H31N4O3+. The summed E-state index contributed by atoms with van der Waals surface area (Å²) >= 11 is 0. The molecule has 0 bridgehead atoms. The lowest BCUT2D eigenvalue weighted by Gasteiger charge is -2.23. The van der Waals surface area contributed by atoms with E-state index in [9.17, 15) is 5.11 Å². The zero-order valence-corrected chi connectivity index (χ0v) is 17.5. The number of quaternary nitrogens is 1. The molecule has 1 atom stereocenters. The minimum atomic E-state index is -0.706. The Morgan fingerprint density at radius 3 is 2.47 bits per heavy atom. The van der Waals surface area contributed by atoms with Gasteiger partial charge in [-0.25, -0.2) is 0 Å². The molecule has 0 amide bonds. The van der Waals surface area contributed by atoms with Crippen LogP contribution in [0, 0.1) is 12.3 Å². The van der Waals surface area contributed by atoms with E-state index in [1.54, 1.807) is 0 Å². The summed E-state index contributed by atoms with van der Waals surface area (Å²) in [7, 11) is 0. The average Bonchev–Trinajstić information content (AvgIpc) is 3.03. The van der Waals surface area contributed by atoms with Gasteiger partial charge in [-0.1, -0.05) is 30.3 Å². The number of rotatable bonds is 8. The Bertz CT molecular complexity index is 1040. The fourth-order valence-electron chi connectivity index (χ4n) is 4.05. The predicted molar refractivity (Wildman–Crippen MR) is 115 cm³/mol. The van der Waals surface area contributed by atoms with Crippen molar-refractivity contribution in [3.8, 4) is 5.75 Å². The van der Waals surface area contributed by atoms with E-state index in [0.29, 0.717) is 12.2 Å². The third kappa shape index (κ3) is 4.59. The minimum Gasteiger partial charge on any atom is -0.491 e. The molecule has 1 unspecified atom stereocenters. The number of fused-ring (bicyclic) bond motifs is 1. The molecule has 3 aromatic rings. The van der Waals surface area contributed by atoms with Crippen LogP contribution in [0.3, 0.4) is 0 Å². The molecule has 0 radical (unpaired) electrons. The highest BCUT2D eigenvalue weighted by Gasteiger charge is 2.18. The molecule has 160 valence electrons. The number of hydrogen-bond donors (Lipinski definition) is 3. The van der Waals surface area contributed by atoms with Gasteiger partial charge in [0, 0.05) is 0 Å². The molecule has 0 saturated carbocycles. The summed E-state index contributed by atoms with van der Waals surface area (Å²) in [6.07, 6.45) is -0.706. The molecule has 7 nitrogen and oxygen atoms in total. The number of aliphatic hydroxyl groups excluding tert-OH is 1. The van der Waals surface area contributed by atoms with Crippen LogP contribution in [0.1, 0.15) is 5.56 Å². The van der Waals surface area contributed by atoms with Crippen molar-refractivity contribution < 1.29 is 19.5 Å². The molecule has 4 rings (SSSR count). The summed E-state index contributed by atoms with van der Waals surface area (Å²) in [5, 5.41) is 19.4. The number of aryl methyl sites for hydroxylation is 1. The first-order chi connectivity index (χ1) is 14.6. The summed E-state index contributed by atoms with van der Waals surface area (Å²) in [4.78, 5) is 1.51. The van der Waals surface area contributed by atoms with Crippen molar-refractivity contribution in [2.75, 3.05) is 39.5 Å². The lowest BCUT2D eigenvalue weighted by atomic mass is 10.2. The number of morpholine rings is 1. The van der Waals surface area contributed by atoms with Crippen molar-refractivity contribution >= 4 is 11.0 Å². The van der Waals surface area contributed by atoms with E-state index >= 15 is 0 Å². The molecule has 1 fully saturated rings. The van der Waals surface area contributed by atoms with Gasteiger partial charge >= 0.3 is 0 Å². The van der Waals surface area contributed by atoms with Crippen LogP contribution in [0.5, 0.6) is 5.75 Å². The van der Waals surface area contributed by atoms with E-state index in [-0.39, 0.29) is 6.61 Å². The number of imidazole rings is 1. The summed E-state index contributed by atoms with van der Waals surface area (Å²) in [6, 6.07) is 15.8. The van der Waals surface area contributed by atoms with Gasteiger partial charge < -0.3 is 28.6 Å². The number of aliphatic hydroxyl groups is 1. The molecule has 1 saturated heterocycles. The Morgan fingerprint density at radius 2 is 1.73 bits per heavy atom. The Kier molecular flexibility index (Phi) is 6.52. The molecule has 0 aliphatic carbocycles. The van der Waals surface area contributed by atoms with E-state index in [2.05, 4.69) is 6.07 Å². The maximum absolute atomic E-state index is 10.6. The smallest absolute Gasteiger partial charge is 0.203 e. The first-order valence-corrected chi connectivity index (χ1v) is 10.6. The zero-order chi connectivity index (χ0) is 20.9. The highest BCUT2D eigenvalue weighted by Crippen LogP contribution is 2.17. The van der Waals surface area contributed by atoms with Gasteiger partial charge in [-0.05, 0) is 30.7 Å². The third-order valence-electron chi connectivity index (χ3n) is 5.78. The average molecular weight is 412 g/mol. The van der Waals surface area contributed by atoms with Crippen LogP contribution in [-0.4, -0.2) is 59.8 Å². The highest BCUT2D eigenvalue weighted by molar-refractivity contribution is 5.75. The van der Waals surface area contributed by atoms with E-state index in [1.807, 2.05) is 58.5 Å². The number of nitrogens with zero attached hydrogens (tertiary/aromatic N) is 2. The topological polar surface area (TPSA) is 76.8 Å². The van der Waals surface area contributed by atoms with Gasteiger partial charge in [-0.15, -0.1) is 0 Å². The number of para-hydroxylation sites is 3. The minimum absolute atomic E-state index is 0.189. The molecule has 3 N–H and O–H groups in total. The fourth-order valence-corrected chi connectivity index (χ4v) is 4.05. The Labute approximate surface area is 176 Å². The number of ether oxygens (including phenoxy) is 2. The Balaban J connectivity index is 1.48. The zero-order valence-electron chi connectivity index (χ0n) is 17.5. The molecule has 1 aliphatic rings. The SMILES string of the molecule is Cc1ccccc1OCC(O)Cn1c(=N)n(CC[NH+]2CCOCC2)c2ccccc21. The summed E-state index contributed by atoms with van der Waals surface area (Å²) in [5.74, 6) is 0.781. The molecule has 2 aromatic carbocycles. The van der Waals surface area contributed by atoms with Crippen molar-refractivity contribution in [2.24, 2.45) is 0 Å². The van der Waals surface area contributed by atoms with Crippen LogP contribution in [0.2, 0.25) is 0 Å².